The van der Waals surface area contributed by atoms with Crippen molar-refractivity contribution in [1.82, 2.24) is 5.16 Å². The summed E-state index contributed by atoms with van der Waals surface area (Å²) in [6.45, 7) is 1.62. The van der Waals surface area contributed by atoms with Gasteiger partial charge in [-0.1, -0.05) is 35.5 Å². The minimum absolute atomic E-state index is 0.211. The van der Waals surface area contributed by atoms with E-state index in [2.05, 4.69) is 17.3 Å². The molecular weight excluding hydrogens is 230 g/mol. The van der Waals surface area contributed by atoms with Gasteiger partial charge in [-0.3, -0.25) is 0 Å². The second-order valence-electron chi connectivity index (χ2n) is 4.20. The molecule has 0 unspecified atom stereocenters. The lowest BCUT2D eigenvalue weighted by molar-refractivity contribution is 0.0694. The van der Waals surface area contributed by atoms with Crippen LogP contribution in [0.2, 0.25) is 0 Å². The fraction of sp³-hybridized carbons (Fsp3) is 0.286. The van der Waals surface area contributed by atoms with Gasteiger partial charge in [0.15, 0.2) is 0 Å². The molecular formula is C14H15NO3. The van der Waals surface area contributed by atoms with Crippen LogP contribution < -0.4 is 0 Å². The quantitative estimate of drug-likeness (QED) is 0.879. The third kappa shape index (κ3) is 2.77. The topological polar surface area (TPSA) is 63.3 Å². The summed E-state index contributed by atoms with van der Waals surface area (Å²) in [4.78, 5) is 11.0. The van der Waals surface area contributed by atoms with Crippen LogP contribution in [0.3, 0.4) is 0 Å². The minimum Gasteiger partial charge on any atom is -0.477 e. The van der Waals surface area contributed by atoms with E-state index in [9.17, 15) is 4.79 Å². The summed E-state index contributed by atoms with van der Waals surface area (Å²) in [5, 5.41) is 12.9. The highest BCUT2D eigenvalue weighted by Gasteiger charge is 2.18. The number of carboxylic acids is 1. The molecule has 0 spiro atoms. The molecule has 0 aliphatic heterocycles. The highest BCUT2D eigenvalue weighted by molar-refractivity contribution is 5.89. The molecule has 2 aromatic rings. The van der Waals surface area contributed by atoms with Gasteiger partial charge in [0, 0.05) is 0 Å². The number of benzene rings is 1. The average molecular weight is 245 g/mol. The molecule has 1 heterocycles. The Morgan fingerprint density at radius 1 is 1.28 bits per heavy atom. The summed E-state index contributed by atoms with van der Waals surface area (Å²) in [7, 11) is 0. The van der Waals surface area contributed by atoms with Crippen molar-refractivity contribution < 1.29 is 14.4 Å². The fourth-order valence-electron chi connectivity index (χ4n) is 1.97. The summed E-state index contributed by atoms with van der Waals surface area (Å²) in [6.07, 6.45) is 2.38. The first-order valence-electron chi connectivity index (χ1n) is 5.91. The predicted molar refractivity (Wildman–Crippen MR) is 66.7 cm³/mol. The van der Waals surface area contributed by atoms with Crippen molar-refractivity contribution >= 4 is 5.97 Å². The van der Waals surface area contributed by atoms with Gasteiger partial charge in [-0.05, 0) is 31.7 Å². The van der Waals surface area contributed by atoms with Crippen LogP contribution in [-0.2, 0) is 12.8 Å². The average Bonchev–Trinajstić information content (AvgIpc) is 2.72. The summed E-state index contributed by atoms with van der Waals surface area (Å²) in [5.74, 6) is -0.597. The molecule has 0 saturated heterocycles. The Kier molecular flexibility index (Phi) is 3.77. The first kappa shape index (κ1) is 12.4. The van der Waals surface area contributed by atoms with Gasteiger partial charge in [-0.2, -0.15) is 0 Å². The van der Waals surface area contributed by atoms with Crippen LogP contribution >= 0.6 is 0 Å². The van der Waals surface area contributed by atoms with Gasteiger partial charge in [0.05, 0.1) is 5.69 Å². The maximum Gasteiger partial charge on any atom is 0.341 e. The normalized spacial score (nSPS) is 10.5. The molecule has 0 atom stereocenters. The lowest BCUT2D eigenvalue weighted by atomic mass is 10.0. The maximum atomic E-state index is 11.0. The number of rotatable bonds is 5. The molecule has 1 aromatic carbocycles. The number of aromatic nitrogens is 1. The number of aryl methyl sites for hydroxylation is 3. The summed E-state index contributed by atoms with van der Waals surface area (Å²) >= 11 is 0. The van der Waals surface area contributed by atoms with Crippen LogP contribution in [0.4, 0.5) is 0 Å². The number of nitrogens with zero attached hydrogens (tertiary/aromatic N) is 1. The second kappa shape index (κ2) is 5.49. The molecule has 0 amide bonds. The summed E-state index contributed by atoms with van der Waals surface area (Å²) in [6, 6.07) is 10.1. The number of carbonyl (C=O) groups is 1. The third-order valence-corrected chi connectivity index (χ3v) is 2.87. The largest absolute Gasteiger partial charge is 0.477 e. The molecule has 18 heavy (non-hydrogen) atoms. The van der Waals surface area contributed by atoms with E-state index in [-0.39, 0.29) is 5.56 Å². The molecule has 4 heteroatoms. The summed E-state index contributed by atoms with van der Waals surface area (Å²) < 4.78 is 4.93. The fourth-order valence-corrected chi connectivity index (χ4v) is 1.97. The molecule has 0 aliphatic rings. The Morgan fingerprint density at radius 3 is 2.67 bits per heavy atom. The Morgan fingerprint density at radius 2 is 2.00 bits per heavy atom. The molecule has 0 bridgehead atoms. The Bertz CT molecular complexity index is 531. The Hall–Kier alpha value is -2.10. The van der Waals surface area contributed by atoms with E-state index >= 15 is 0 Å². The molecule has 0 fully saturated rings. The molecule has 2 rings (SSSR count). The lowest BCUT2D eigenvalue weighted by Gasteiger charge is -2.00. The lowest BCUT2D eigenvalue weighted by Crippen LogP contribution is -2.02. The molecule has 4 nitrogen and oxygen atoms in total. The predicted octanol–water partition coefficient (Wildman–Crippen LogP) is 2.86. The maximum absolute atomic E-state index is 11.0. The van der Waals surface area contributed by atoms with E-state index < -0.39 is 5.97 Å². The number of hydrogen-bond acceptors (Lipinski definition) is 3. The SMILES string of the molecule is Cc1onc(CCCc2ccccc2)c1C(=O)O. The smallest absolute Gasteiger partial charge is 0.341 e. The minimum atomic E-state index is -0.969. The van der Waals surface area contributed by atoms with Crippen LogP contribution in [-0.4, -0.2) is 16.2 Å². The van der Waals surface area contributed by atoms with Crippen LogP contribution in [0.5, 0.6) is 0 Å². The van der Waals surface area contributed by atoms with E-state index in [1.807, 2.05) is 18.2 Å². The zero-order valence-electron chi connectivity index (χ0n) is 10.2. The highest BCUT2D eigenvalue weighted by atomic mass is 16.5. The van der Waals surface area contributed by atoms with Gasteiger partial charge in [-0.25, -0.2) is 4.79 Å². The molecule has 94 valence electrons. The molecule has 0 radical (unpaired) electrons. The van der Waals surface area contributed by atoms with E-state index in [1.54, 1.807) is 6.92 Å². The summed E-state index contributed by atoms with van der Waals surface area (Å²) in [5.41, 5.74) is 1.99. The van der Waals surface area contributed by atoms with Crippen LogP contribution in [0, 0.1) is 6.92 Å². The molecule has 1 aromatic heterocycles. The highest BCUT2D eigenvalue weighted by Crippen LogP contribution is 2.16. The van der Waals surface area contributed by atoms with Crippen molar-refractivity contribution in [2.45, 2.75) is 26.2 Å². The number of carboxylic acid groups (broad SMARTS) is 1. The van der Waals surface area contributed by atoms with E-state index in [1.165, 1.54) is 5.56 Å². The zero-order valence-corrected chi connectivity index (χ0v) is 10.2. The second-order valence-corrected chi connectivity index (χ2v) is 4.20. The monoisotopic (exact) mass is 245 g/mol. The van der Waals surface area contributed by atoms with Crippen LogP contribution in [0.15, 0.2) is 34.9 Å². The van der Waals surface area contributed by atoms with Gasteiger partial charge in [0.2, 0.25) is 0 Å². The third-order valence-electron chi connectivity index (χ3n) is 2.87. The van der Waals surface area contributed by atoms with Crippen molar-refractivity contribution in [2.75, 3.05) is 0 Å². The van der Waals surface area contributed by atoms with Gasteiger partial charge in [0.25, 0.3) is 0 Å². The van der Waals surface area contributed by atoms with E-state index in [4.69, 9.17) is 9.63 Å². The zero-order chi connectivity index (χ0) is 13.0. The Balaban J connectivity index is 1.97. The molecule has 1 N–H and O–H groups in total. The molecule has 0 saturated carbocycles. The Labute approximate surface area is 105 Å². The van der Waals surface area contributed by atoms with E-state index in [0.29, 0.717) is 17.9 Å². The van der Waals surface area contributed by atoms with Crippen molar-refractivity contribution in [1.29, 1.82) is 0 Å². The van der Waals surface area contributed by atoms with Crippen molar-refractivity contribution in [3.05, 3.63) is 52.9 Å². The van der Waals surface area contributed by atoms with Crippen molar-refractivity contribution in [3.8, 4) is 0 Å². The first-order chi connectivity index (χ1) is 8.68. The van der Waals surface area contributed by atoms with Gasteiger partial charge < -0.3 is 9.63 Å². The van der Waals surface area contributed by atoms with Crippen LogP contribution in [0.1, 0.15) is 33.8 Å². The van der Waals surface area contributed by atoms with Crippen molar-refractivity contribution in [3.63, 3.8) is 0 Å². The van der Waals surface area contributed by atoms with Crippen LogP contribution in [0.25, 0.3) is 0 Å². The van der Waals surface area contributed by atoms with E-state index in [0.717, 1.165) is 12.8 Å². The van der Waals surface area contributed by atoms with Crippen molar-refractivity contribution in [2.24, 2.45) is 0 Å². The van der Waals surface area contributed by atoms with Gasteiger partial charge >= 0.3 is 5.97 Å². The van der Waals surface area contributed by atoms with Gasteiger partial charge in [0.1, 0.15) is 11.3 Å². The number of aromatic carboxylic acids is 1. The first-order valence-corrected chi connectivity index (χ1v) is 5.91. The standard InChI is InChI=1S/C14H15NO3/c1-10-13(14(16)17)12(15-18-10)9-5-8-11-6-3-2-4-7-11/h2-4,6-7H,5,8-9H2,1H3,(H,16,17). The number of hydrogen-bond donors (Lipinski definition) is 1. The van der Waals surface area contributed by atoms with Gasteiger partial charge in [-0.15, -0.1) is 0 Å². The molecule has 0 aliphatic carbocycles.